The van der Waals surface area contributed by atoms with Crippen LogP contribution in [0.15, 0.2) is 42.5 Å². The summed E-state index contributed by atoms with van der Waals surface area (Å²) in [5.74, 6) is 0.0688. The van der Waals surface area contributed by atoms with Crippen LogP contribution in [0.5, 0.6) is 0 Å². The second-order valence-corrected chi connectivity index (χ2v) is 6.42. The molecule has 1 aromatic heterocycles. The van der Waals surface area contributed by atoms with Crippen LogP contribution in [-0.4, -0.2) is 33.4 Å². The Bertz CT molecular complexity index is 746. The van der Waals surface area contributed by atoms with Gasteiger partial charge in [-0.25, -0.2) is 0 Å². The van der Waals surface area contributed by atoms with Crippen molar-refractivity contribution in [2.75, 3.05) is 6.61 Å². The van der Waals surface area contributed by atoms with Crippen molar-refractivity contribution in [3.05, 3.63) is 65.0 Å². The smallest absolute Gasteiger partial charge is 0.251 e. The molecular weight excluding hydrogens is 302 g/mol. The summed E-state index contributed by atoms with van der Waals surface area (Å²) in [4.78, 5) is 12.3. The zero-order valence-corrected chi connectivity index (χ0v) is 14.1. The van der Waals surface area contributed by atoms with E-state index in [-0.39, 0.29) is 24.5 Å². The van der Waals surface area contributed by atoms with E-state index in [1.165, 1.54) is 0 Å². The second kappa shape index (κ2) is 7.01. The molecule has 24 heavy (non-hydrogen) atoms. The number of benzene rings is 1. The van der Waals surface area contributed by atoms with Crippen LogP contribution >= 0.6 is 0 Å². The number of nitrogens with one attached hydrogen (secondary N) is 1. The molecule has 0 unspecified atom stereocenters. The summed E-state index contributed by atoms with van der Waals surface area (Å²) in [6.07, 6.45) is 4.68. The number of hydrogen-bond donors (Lipinski definition) is 2. The Morgan fingerprint density at radius 2 is 2.04 bits per heavy atom. The third kappa shape index (κ3) is 3.74. The standard InChI is InChI=1S/C19H23N3O2/c1-13-9-14(2)22(21-13)11-15-3-6-17(7-4-15)19(24)20-18-8-5-16(10-18)12-23/h3-9,16,18,23H,10-12H2,1-2H3,(H,20,24)/t16-,18+/m0/s1. The van der Waals surface area contributed by atoms with Crippen LogP contribution in [0.3, 0.4) is 0 Å². The van der Waals surface area contributed by atoms with Gasteiger partial charge in [0.1, 0.15) is 0 Å². The first-order valence-corrected chi connectivity index (χ1v) is 8.25. The van der Waals surface area contributed by atoms with Crippen LogP contribution in [0, 0.1) is 19.8 Å². The molecule has 1 amide bonds. The molecule has 0 fully saturated rings. The number of hydrogen-bond acceptors (Lipinski definition) is 3. The third-order valence-electron chi connectivity index (χ3n) is 4.38. The van der Waals surface area contributed by atoms with Crippen molar-refractivity contribution in [3.63, 3.8) is 0 Å². The lowest BCUT2D eigenvalue weighted by Gasteiger charge is -2.13. The molecule has 2 atom stereocenters. The maximum absolute atomic E-state index is 12.3. The van der Waals surface area contributed by atoms with Gasteiger partial charge in [-0.05, 0) is 44.0 Å². The topological polar surface area (TPSA) is 67.2 Å². The highest BCUT2D eigenvalue weighted by molar-refractivity contribution is 5.94. The number of amides is 1. The molecule has 0 bridgehead atoms. The monoisotopic (exact) mass is 325 g/mol. The maximum atomic E-state index is 12.3. The van der Waals surface area contributed by atoms with E-state index in [1.54, 1.807) is 0 Å². The van der Waals surface area contributed by atoms with Gasteiger partial charge in [-0.2, -0.15) is 5.10 Å². The van der Waals surface area contributed by atoms with E-state index in [1.807, 2.05) is 54.9 Å². The lowest BCUT2D eigenvalue weighted by Crippen LogP contribution is -2.32. The van der Waals surface area contributed by atoms with Gasteiger partial charge in [0.15, 0.2) is 0 Å². The molecule has 5 heteroatoms. The Kier molecular flexibility index (Phi) is 4.81. The van der Waals surface area contributed by atoms with E-state index < -0.39 is 0 Å². The predicted octanol–water partition coefficient (Wildman–Crippen LogP) is 2.22. The summed E-state index contributed by atoms with van der Waals surface area (Å²) < 4.78 is 1.96. The van der Waals surface area contributed by atoms with Crippen LogP contribution in [0.4, 0.5) is 0 Å². The van der Waals surface area contributed by atoms with Gasteiger partial charge in [0.25, 0.3) is 5.91 Å². The number of rotatable bonds is 5. The zero-order valence-electron chi connectivity index (χ0n) is 14.1. The molecule has 2 aromatic rings. The van der Waals surface area contributed by atoms with Crippen LogP contribution in [-0.2, 0) is 6.54 Å². The summed E-state index contributed by atoms with van der Waals surface area (Å²) in [5, 5.41) is 16.6. The molecule has 1 heterocycles. The molecule has 0 radical (unpaired) electrons. The number of carbonyl (C=O) groups is 1. The molecule has 5 nitrogen and oxygen atoms in total. The SMILES string of the molecule is Cc1cc(C)n(Cc2ccc(C(=O)N[C@@H]3C=C[C@H](CO)C3)cc2)n1. The molecule has 2 N–H and O–H groups in total. The lowest BCUT2D eigenvalue weighted by molar-refractivity contribution is 0.0941. The molecular formula is C19H23N3O2. The fraction of sp³-hybridized carbons (Fsp3) is 0.368. The van der Waals surface area contributed by atoms with E-state index in [4.69, 9.17) is 5.11 Å². The highest BCUT2D eigenvalue weighted by Crippen LogP contribution is 2.17. The number of aromatic nitrogens is 2. The summed E-state index contributed by atoms with van der Waals surface area (Å²) in [5.41, 5.74) is 3.89. The van der Waals surface area contributed by atoms with Gasteiger partial charge in [0.05, 0.1) is 12.2 Å². The molecule has 3 rings (SSSR count). The first-order valence-electron chi connectivity index (χ1n) is 8.25. The van der Waals surface area contributed by atoms with Crippen LogP contribution in [0.2, 0.25) is 0 Å². The average molecular weight is 325 g/mol. The van der Waals surface area contributed by atoms with Crippen molar-refractivity contribution in [3.8, 4) is 0 Å². The van der Waals surface area contributed by atoms with E-state index in [0.29, 0.717) is 12.1 Å². The second-order valence-electron chi connectivity index (χ2n) is 6.42. The van der Waals surface area contributed by atoms with Gasteiger partial charge in [0.2, 0.25) is 0 Å². The third-order valence-corrected chi connectivity index (χ3v) is 4.38. The molecule has 126 valence electrons. The Balaban J connectivity index is 1.61. The van der Waals surface area contributed by atoms with Crippen molar-refractivity contribution in [2.45, 2.75) is 32.9 Å². The van der Waals surface area contributed by atoms with Crippen LogP contribution in [0.1, 0.15) is 33.7 Å². The molecule has 0 saturated heterocycles. The Labute approximate surface area is 142 Å². The lowest BCUT2D eigenvalue weighted by atomic mass is 10.1. The molecule has 1 aliphatic carbocycles. The fourth-order valence-corrected chi connectivity index (χ4v) is 3.04. The highest BCUT2D eigenvalue weighted by Gasteiger charge is 2.20. The predicted molar refractivity (Wildman–Crippen MR) is 92.8 cm³/mol. The number of aliphatic hydroxyl groups is 1. The number of nitrogens with zero attached hydrogens (tertiary/aromatic N) is 2. The van der Waals surface area contributed by atoms with E-state index in [9.17, 15) is 4.79 Å². The van der Waals surface area contributed by atoms with Gasteiger partial charge in [-0.15, -0.1) is 0 Å². The zero-order chi connectivity index (χ0) is 17.1. The van der Waals surface area contributed by atoms with Crippen molar-refractivity contribution in [2.24, 2.45) is 5.92 Å². The van der Waals surface area contributed by atoms with E-state index >= 15 is 0 Å². The van der Waals surface area contributed by atoms with Gasteiger partial charge >= 0.3 is 0 Å². The van der Waals surface area contributed by atoms with Crippen molar-refractivity contribution < 1.29 is 9.90 Å². The Morgan fingerprint density at radius 1 is 1.29 bits per heavy atom. The number of carbonyl (C=O) groups excluding carboxylic acids is 1. The Morgan fingerprint density at radius 3 is 2.62 bits per heavy atom. The van der Waals surface area contributed by atoms with E-state index in [2.05, 4.69) is 16.5 Å². The summed E-state index contributed by atoms with van der Waals surface area (Å²) >= 11 is 0. The average Bonchev–Trinajstić information content (AvgIpc) is 3.14. The molecule has 0 aliphatic heterocycles. The maximum Gasteiger partial charge on any atom is 0.251 e. The normalized spacial score (nSPS) is 19.6. The van der Waals surface area contributed by atoms with Gasteiger partial charge in [0, 0.05) is 29.8 Å². The Hall–Kier alpha value is -2.40. The van der Waals surface area contributed by atoms with Crippen LogP contribution < -0.4 is 5.32 Å². The summed E-state index contributed by atoms with van der Waals surface area (Å²) in [6, 6.07) is 9.68. The molecule has 1 aromatic carbocycles. The van der Waals surface area contributed by atoms with Gasteiger partial charge in [-0.1, -0.05) is 24.3 Å². The van der Waals surface area contributed by atoms with Crippen molar-refractivity contribution >= 4 is 5.91 Å². The summed E-state index contributed by atoms with van der Waals surface area (Å²) in [7, 11) is 0. The van der Waals surface area contributed by atoms with Gasteiger partial charge < -0.3 is 10.4 Å². The minimum absolute atomic E-state index is 0.00373. The first-order chi connectivity index (χ1) is 11.5. The number of aliphatic hydroxyl groups excluding tert-OH is 1. The van der Waals surface area contributed by atoms with E-state index in [0.717, 1.165) is 23.4 Å². The number of aryl methyl sites for hydroxylation is 2. The van der Waals surface area contributed by atoms with Crippen LogP contribution in [0.25, 0.3) is 0 Å². The van der Waals surface area contributed by atoms with Gasteiger partial charge in [-0.3, -0.25) is 9.48 Å². The molecule has 0 saturated carbocycles. The fourth-order valence-electron chi connectivity index (χ4n) is 3.04. The minimum atomic E-state index is -0.0825. The molecule has 0 spiro atoms. The minimum Gasteiger partial charge on any atom is -0.396 e. The largest absolute Gasteiger partial charge is 0.396 e. The van der Waals surface area contributed by atoms with Crippen molar-refractivity contribution in [1.82, 2.24) is 15.1 Å². The molecule has 1 aliphatic rings. The quantitative estimate of drug-likeness (QED) is 0.828. The van der Waals surface area contributed by atoms with Crippen molar-refractivity contribution in [1.29, 1.82) is 0 Å². The highest BCUT2D eigenvalue weighted by atomic mass is 16.3. The summed E-state index contributed by atoms with van der Waals surface area (Å²) in [6.45, 7) is 4.85. The first kappa shape index (κ1) is 16.5.